The molecule has 0 aromatic heterocycles. The van der Waals surface area contributed by atoms with Crippen molar-refractivity contribution >= 4 is 5.91 Å². The van der Waals surface area contributed by atoms with Crippen molar-refractivity contribution in [2.45, 2.75) is 378 Å². The first kappa shape index (κ1) is 78.6. The van der Waals surface area contributed by atoms with Gasteiger partial charge in [-0.2, -0.15) is 0 Å². The number of carbonyl (C=O) groups is 1. The fraction of sp³-hybridized carbons (Fsp3) is 0.824. The molecule has 6 N–H and O–H groups in total. The SMILES string of the molecule is CC/C=C\C/C=C\C/C=C\C/C=C\C/C=C\CCCCCCCCCCCCCCCCCCCCCC(=O)NC(COC1OC(CO)C(O)C(O)C1O)C(O)/C=C/CCCCCCCCCCCCCCCCCCCCCCCCC. The first-order valence-corrected chi connectivity index (χ1v) is 35.7. The summed E-state index contributed by atoms with van der Waals surface area (Å²) in [6.45, 7) is 3.71. The zero-order valence-corrected chi connectivity index (χ0v) is 54.2. The monoisotopic (exact) mass is 1170 g/mol. The molecule has 0 aromatic carbocycles. The Morgan fingerprint density at radius 2 is 0.747 bits per heavy atom. The number of amides is 1. The van der Waals surface area contributed by atoms with E-state index in [1.807, 2.05) is 6.08 Å². The average Bonchev–Trinajstić information content (AvgIpc) is 3.60. The van der Waals surface area contributed by atoms with Crippen molar-refractivity contribution in [2.75, 3.05) is 13.2 Å². The molecule has 9 nitrogen and oxygen atoms in total. The van der Waals surface area contributed by atoms with E-state index in [1.54, 1.807) is 6.08 Å². The zero-order valence-electron chi connectivity index (χ0n) is 54.2. The number of ether oxygens (including phenoxy) is 2. The number of aliphatic hydroxyl groups excluding tert-OH is 5. The number of hydrogen-bond acceptors (Lipinski definition) is 8. The van der Waals surface area contributed by atoms with Crippen molar-refractivity contribution in [3.05, 3.63) is 72.9 Å². The summed E-state index contributed by atoms with van der Waals surface area (Å²) in [5.41, 5.74) is 0. The Morgan fingerprint density at radius 3 is 1.11 bits per heavy atom. The van der Waals surface area contributed by atoms with Gasteiger partial charge in [-0.1, -0.05) is 337 Å². The van der Waals surface area contributed by atoms with E-state index in [-0.39, 0.29) is 12.5 Å². The highest BCUT2D eigenvalue weighted by atomic mass is 16.7. The van der Waals surface area contributed by atoms with Gasteiger partial charge in [-0.15, -0.1) is 0 Å². The Hall–Kier alpha value is -2.37. The predicted octanol–water partition coefficient (Wildman–Crippen LogP) is 19.5. The number of allylic oxidation sites excluding steroid dienone is 11. The summed E-state index contributed by atoms with van der Waals surface area (Å²) in [5.74, 6) is -0.172. The number of unbranched alkanes of at least 4 members (excludes halogenated alkanes) is 42. The van der Waals surface area contributed by atoms with Gasteiger partial charge in [0.2, 0.25) is 5.91 Å². The van der Waals surface area contributed by atoms with Gasteiger partial charge in [0, 0.05) is 6.42 Å². The number of hydrogen-bond donors (Lipinski definition) is 6. The summed E-state index contributed by atoms with van der Waals surface area (Å²) in [6.07, 6.45) is 81.5. The molecule has 1 aliphatic rings. The molecular weight excluding hydrogens is 1030 g/mol. The highest BCUT2D eigenvalue weighted by molar-refractivity contribution is 5.76. The van der Waals surface area contributed by atoms with E-state index < -0.39 is 49.5 Å². The van der Waals surface area contributed by atoms with Crippen LogP contribution < -0.4 is 5.32 Å². The van der Waals surface area contributed by atoms with Crippen LogP contribution in [0.15, 0.2) is 72.9 Å². The second kappa shape index (κ2) is 62.7. The zero-order chi connectivity index (χ0) is 60.0. The molecule has 1 amide bonds. The predicted molar refractivity (Wildman–Crippen MR) is 355 cm³/mol. The summed E-state index contributed by atoms with van der Waals surface area (Å²) >= 11 is 0. The Morgan fingerprint density at radius 1 is 0.422 bits per heavy atom. The molecule has 0 radical (unpaired) electrons. The number of carbonyl (C=O) groups excluding carboxylic acids is 1. The minimum absolute atomic E-state index is 0.172. The van der Waals surface area contributed by atoms with Crippen LogP contribution in [0.5, 0.6) is 0 Å². The van der Waals surface area contributed by atoms with Crippen LogP contribution in [0.2, 0.25) is 0 Å². The molecule has 1 aliphatic heterocycles. The van der Waals surface area contributed by atoms with Gasteiger partial charge in [-0.05, 0) is 64.2 Å². The van der Waals surface area contributed by atoms with E-state index in [0.29, 0.717) is 6.42 Å². The highest BCUT2D eigenvalue weighted by Gasteiger charge is 2.44. The van der Waals surface area contributed by atoms with Gasteiger partial charge >= 0.3 is 0 Å². The number of rotatable bonds is 62. The standard InChI is InChI=1S/C74H135NO8/c1-3-5-7-9-11-13-15-17-19-21-23-25-27-29-30-31-32-33-34-35-36-37-38-40-42-44-46-48-50-52-54-56-58-60-62-64-70(78)75-67(66-82-74-73(81)72(80)71(79)69(65-76)83-74)68(77)63-61-59-57-55-53-51-49-47-45-43-41-39-28-26-24-22-20-18-16-14-12-10-8-6-4-2/h5,7,11,13,17,19,23,25,29-30,61,63,67-69,71-74,76-77,79-81H,3-4,6,8-10,12,14-16,18,20-22,24,26-28,31-60,62,64-66H2,1-2H3,(H,75,78)/b7-5-,13-11-,19-17-,25-23-,30-29-,63-61+. The molecular formula is C74H135NO8. The molecule has 7 unspecified atom stereocenters. The summed E-state index contributed by atoms with van der Waals surface area (Å²) < 4.78 is 11.3. The minimum Gasteiger partial charge on any atom is -0.394 e. The molecule has 0 aliphatic carbocycles. The van der Waals surface area contributed by atoms with Crippen LogP contribution in [0.4, 0.5) is 0 Å². The molecule has 1 rings (SSSR count). The molecule has 7 atom stereocenters. The molecule has 1 heterocycles. The molecule has 83 heavy (non-hydrogen) atoms. The van der Waals surface area contributed by atoms with Crippen LogP contribution in [0, 0.1) is 0 Å². The van der Waals surface area contributed by atoms with Crippen molar-refractivity contribution in [2.24, 2.45) is 0 Å². The maximum atomic E-state index is 13.1. The third-order valence-electron chi connectivity index (χ3n) is 16.8. The van der Waals surface area contributed by atoms with Crippen LogP contribution in [0.25, 0.3) is 0 Å². The molecule has 1 saturated heterocycles. The van der Waals surface area contributed by atoms with Crippen molar-refractivity contribution < 1.29 is 39.8 Å². The van der Waals surface area contributed by atoms with Gasteiger partial charge in [0.05, 0.1) is 25.4 Å². The molecule has 484 valence electrons. The maximum absolute atomic E-state index is 13.1. The second-order valence-corrected chi connectivity index (χ2v) is 24.7. The molecule has 0 spiro atoms. The van der Waals surface area contributed by atoms with Crippen molar-refractivity contribution in [3.8, 4) is 0 Å². The Kier molecular flexibility index (Phi) is 59.4. The summed E-state index contributed by atoms with van der Waals surface area (Å²) in [4.78, 5) is 13.1. The van der Waals surface area contributed by atoms with Gasteiger partial charge < -0.3 is 40.3 Å². The van der Waals surface area contributed by atoms with E-state index in [9.17, 15) is 30.3 Å². The highest BCUT2D eigenvalue weighted by Crippen LogP contribution is 2.23. The summed E-state index contributed by atoms with van der Waals surface area (Å²) in [5, 5.41) is 54.8. The fourth-order valence-electron chi connectivity index (χ4n) is 11.2. The van der Waals surface area contributed by atoms with E-state index in [0.717, 1.165) is 70.6 Å². The lowest BCUT2D eigenvalue weighted by molar-refractivity contribution is -0.302. The summed E-state index contributed by atoms with van der Waals surface area (Å²) in [6, 6.07) is -0.808. The van der Waals surface area contributed by atoms with Gasteiger partial charge in [0.25, 0.3) is 0 Å². The molecule has 0 aromatic rings. The Labute approximate surface area is 512 Å². The van der Waals surface area contributed by atoms with E-state index in [4.69, 9.17) is 9.47 Å². The minimum atomic E-state index is -1.57. The second-order valence-electron chi connectivity index (χ2n) is 24.7. The summed E-state index contributed by atoms with van der Waals surface area (Å²) in [7, 11) is 0. The third kappa shape index (κ3) is 51.4. The Balaban J connectivity index is 2.11. The molecule has 9 heteroatoms. The van der Waals surface area contributed by atoms with Crippen LogP contribution in [-0.4, -0.2) is 87.5 Å². The quantitative estimate of drug-likeness (QED) is 0.0261. The number of nitrogens with one attached hydrogen (secondary N) is 1. The van der Waals surface area contributed by atoms with Gasteiger partial charge in [-0.25, -0.2) is 0 Å². The lowest BCUT2D eigenvalue weighted by Gasteiger charge is -2.40. The van der Waals surface area contributed by atoms with E-state index in [1.165, 1.54) is 244 Å². The molecule has 0 bridgehead atoms. The maximum Gasteiger partial charge on any atom is 0.220 e. The van der Waals surface area contributed by atoms with Crippen molar-refractivity contribution in [1.82, 2.24) is 5.32 Å². The van der Waals surface area contributed by atoms with Gasteiger partial charge in [0.1, 0.15) is 24.4 Å². The van der Waals surface area contributed by atoms with Crippen LogP contribution in [0.1, 0.15) is 335 Å². The van der Waals surface area contributed by atoms with Crippen molar-refractivity contribution in [1.29, 1.82) is 0 Å². The Bertz CT molecular complexity index is 1540. The molecule has 0 saturated carbocycles. The topological polar surface area (TPSA) is 149 Å². The largest absolute Gasteiger partial charge is 0.394 e. The van der Waals surface area contributed by atoms with Gasteiger partial charge in [0.15, 0.2) is 6.29 Å². The van der Waals surface area contributed by atoms with Gasteiger partial charge in [-0.3, -0.25) is 4.79 Å². The lowest BCUT2D eigenvalue weighted by Crippen LogP contribution is -2.60. The first-order chi connectivity index (χ1) is 40.8. The normalized spacial score (nSPS) is 18.7. The van der Waals surface area contributed by atoms with Crippen molar-refractivity contribution in [3.63, 3.8) is 0 Å². The third-order valence-corrected chi connectivity index (χ3v) is 16.8. The fourth-order valence-corrected chi connectivity index (χ4v) is 11.2. The van der Waals surface area contributed by atoms with Crippen LogP contribution in [0.3, 0.4) is 0 Å². The number of aliphatic hydroxyl groups is 5. The smallest absolute Gasteiger partial charge is 0.220 e. The van der Waals surface area contributed by atoms with E-state index >= 15 is 0 Å². The first-order valence-electron chi connectivity index (χ1n) is 35.7. The lowest BCUT2D eigenvalue weighted by atomic mass is 9.99. The van der Waals surface area contributed by atoms with Crippen LogP contribution >= 0.6 is 0 Å². The van der Waals surface area contributed by atoms with E-state index in [2.05, 4.69) is 79.9 Å². The average molecular weight is 1170 g/mol. The van der Waals surface area contributed by atoms with Crippen LogP contribution in [-0.2, 0) is 14.3 Å². The molecule has 1 fully saturated rings.